The summed E-state index contributed by atoms with van der Waals surface area (Å²) < 4.78 is 12.9. The Hall–Kier alpha value is -3.26. The van der Waals surface area contributed by atoms with Crippen molar-refractivity contribution in [2.24, 2.45) is 0 Å². The molecule has 4 N–H and O–H groups in total. The summed E-state index contributed by atoms with van der Waals surface area (Å²) in [4.78, 5) is 37.3. The Morgan fingerprint density at radius 1 is 0.900 bits per heavy atom. The van der Waals surface area contributed by atoms with Crippen LogP contribution in [0.1, 0.15) is 18.9 Å². The number of aryl methyl sites for hydroxylation is 1. The van der Waals surface area contributed by atoms with Crippen molar-refractivity contribution in [1.29, 1.82) is 0 Å². The number of carbonyl (C=O) groups is 3. The summed E-state index contributed by atoms with van der Waals surface area (Å²) in [6, 6.07) is 12.9. The highest BCUT2D eigenvalue weighted by atomic mass is 19.1. The Bertz CT molecular complexity index is 871. The molecule has 160 valence electrons. The SMILES string of the molecule is CCC[NH+](CC(=O)NCC(=O)Nc1ccc(F)cc1)CC(=O)Nc1ccccc1C. The summed E-state index contributed by atoms with van der Waals surface area (Å²) in [6.07, 6.45) is 0.811. The molecule has 30 heavy (non-hydrogen) atoms. The maximum atomic E-state index is 12.9. The molecule has 0 saturated heterocycles. The molecule has 2 aromatic carbocycles. The van der Waals surface area contributed by atoms with Gasteiger partial charge in [0.05, 0.1) is 13.1 Å². The number of amides is 3. The molecule has 0 heterocycles. The average molecular weight is 415 g/mol. The van der Waals surface area contributed by atoms with E-state index in [0.717, 1.165) is 22.6 Å². The molecular formula is C22H28FN4O3+. The van der Waals surface area contributed by atoms with Crippen LogP contribution in [0.25, 0.3) is 0 Å². The smallest absolute Gasteiger partial charge is 0.279 e. The molecule has 2 aromatic rings. The van der Waals surface area contributed by atoms with E-state index in [1.165, 1.54) is 24.3 Å². The van der Waals surface area contributed by atoms with E-state index in [2.05, 4.69) is 16.0 Å². The van der Waals surface area contributed by atoms with E-state index in [-0.39, 0.29) is 31.4 Å². The number of rotatable bonds is 10. The van der Waals surface area contributed by atoms with Gasteiger partial charge in [-0.2, -0.15) is 0 Å². The first kappa shape index (κ1) is 23.0. The maximum Gasteiger partial charge on any atom is 0.279 e. The van der Waals surface area contributed by atoms with Crippen LogP contribution >= 0.6 is 0 Å². The molecule has 0 saturated carbocycles. The molecule has 0 aliphatic heterocycles. The molecular weight excluding hydrogens is 387 g/mol. The zero-order valence-electron chi connectivity index (χ0n) is 17.3. The number of hydrogen-bond donors (Lipinski definition) is 4. The van der Waals surface area contributed by atoms with Crippen molar-refractivity contribution in [3.63, 3.8) is 0 Å². The highest BCUT2D eigenvalue weighted by Crippen LogP contribution is 2.12. The first-order chi connectivity index (χ1) is 14.4. The van der Waals surface area contributed by atoms with Crippen molar-refractivity contribution in [3.05, 3.63) is 59.9 Å². The van der Waals surface area contributed by atoms with Gasteiger partial charge in [-0.3, -0.25) is 14.4 Å². The predicted octanol–water partition coefficient (Wildman–Crippen LogP) is 1.12. The van der Waals surface area contributed by atoms with Crippen molar-refractivity contribution >= 4 is 29.1 Å². The van der Waals surface area contributed by atoms with Gasteiger partial charge in [-0.15, -0.1) is 0 Å². The summed E-state index contributed by atoms with van der Waals surface area (Å²) in [6.45, 7) is 4.57. The lowest BCUT2D eigenvalue weighted by Gasteiger charge is -2.18. The fraction of sp³-hybridized carbons (Fsp3) is 0.318. The Balaban J connectivity index is 1.79. The molecule has 8 heteroatoms. The minimum atomic E-state index is -0.413. The van der Waals surface area contributed by atoms with Gasteiger partial charge < -0.3 is 20.9 Å². The highest BCUT2D eigenvalue weighted by molar-refractivity contribution is 5.95. The van der Waals surface area contributed by atoms with Gasteiger partial charge in [0.15, 0.2) is 13.1 Å². The number of hydrogen-bond acceptors (Lipinski definition) is 3. The van der Waals surface area contributed by atoms with Crippen molar-refractivity contribution in [3.8, 4) is 0 Å². The van der Waals surface area contributed by atoms with E-state index >= 15 is 0 Å². The third kappa shape index (κ3) is 8.00. The lowest BCUT2D eigenvalue weighted by atomic mass is 10.2. The third-order valence-corrected chi connectivity index (χ3v) is 4.42. The van der Waals surface area contributed by atoms with Gasteiger partial charge in [-0.05, 0) is 49.2 Å². The number of carbonyl (C=O) groups excluding carboxylic acids is 3. The average Bonchev–Trinajstić information content (AvgIpc) is 2.70. The standard InChI is InChI=1S/C22H27FN4O3/c1-3-12-27(15-22(30)26-19-7-5-4-6-16(19)2)14-21(29)24-13-20(28)25-18-10-8-17(23)9-11-18/h4-11H,3,12-15H2,1-2H3,(H,24,29)(H,25,28)(H,26,30)/p+1. The van der Waals surface area contributed by atoms with Gasteiger partial charge in [0.1, 0.15) is 5.82 Å². The molecule has 2 rings (SSSR count). The van der Waals surface area contributed by atoms with Crippen LogP contribution in [0, 0.1) is 12.7 Å². The monoisotopic (exact) mass is 415 g/mol. The largest absolute Gasteiger partial charge is 0.342 e. The summed E-state index contributed by atoms with van der Waals surface area (Å²) in [5.74, 6) is -1.30. The van der Waals surface area contributed by atoms with E-state index in [0.29, 0.717) is 12.2 Å². The van der Waals surface area contributed by atoms with Crippen LogP contribution in [0.2, 0.25) is 0 Å². The molecule has 1 atom stereocenters. The quantitative estimate of drug-likeness (QED) is 0.469. The number of anilines is 2. The molecule has 0 fully saturated rings. The fourth-order valence-corrected chi connectivity index (χ4v) is 2.93. The van der Waals surface area contributed by atoms with Gasteiger partial charge in [-0.1, -0.05) is 25.1 Å². The summed E-state index contributed by atoms with van der Waals surface area (Å²) in [7, 11) is 0. The number of halogens is 1. The Morgan fingerprint density at radius 2 is 1.57 bits per heavy atom. The molecule has 0 aliphatic carbocycles. The van der Waals surface area contributed by atoms with Gasteiger partial charge in [0, 0.05) is 11.4 Å². The molecule has 0 bridgehead atoms. The second-order valence-electron chi connectivity index (χ2n) is 7.05. The molecule has 0 aliphatic rings. The molecule has 7 nitrogen and oxygen atoms in total. The first-order valence-electron chi connectivity index (χ1n) is 9.88. The van der Waals surface area contributed by atoms with Crippen molar-refractivity contribution < 1.29 is 23.7 Å². The minimum Gasteiger partial charge on any atom is -0.342 e. The molecule has 3 amide bonds. The van der Waals surface area contributed by atoms with Gasteiger partial charge in [0.2, 0.25) is 5.91 Å². The van der Waals surface area contributed by atoms with Crippen molar-refractivity contribution in [1.82, 2.24) is 5.32 Å². The molecule has 0 aromatic heterocycles. The van der Waals surface area contributed by atoms with E-state index < -0.39 is 11.7 Å². The summed E-state index contributed by atoms with van der Waals surface area (Å²) in [5, 5.41) is 8.01. The second-order valence-corrected chi connectivity index (χ2v) is 7.05. The maximum absolute atomic E-state index is 12.9. The number of quaternary nitrogens is 1. The minimum absolute atomic E-state index is 0.0822. The van der Waals surface area contributed by atoms with E-state index in [1.54, 1.807) is 0 Å². The summed E-state index contributed by atoms with van der Waals surface area (Å²) >= 11 is 0. The van der Waals surface area contributed by atoms with Crippen LogP contribution in [0.15, 0.2) is 48.5 Å². The zero-order chi connectivity index (χ0) is 21.9. The first-order valence-corrected chi connectivity index (χ1v) is 9.88. The van der Waals surface area contributed by atoms with Gasteiger partial charge in [-0.25, -0.2) is 4.39 Å². The van der Waals surface area contributed by atoms with E-state index in [4.69, 9.17) is 0 Å². The van der Waals surface area contributed by atoms with Crippen LogP contribution in [0.4, 0.5) is 15.8 Å². The van der Waals surface area contributed by atoms with Gasteiger partial charge >= 0.3 is 0 Å². The summed E-state index contributed by atoms with van der Waals surface area (Å²) in [5.41, 5.74) is 2.16. The van der Waals surface area contributed by atoms with Crippen molar-refractivity contribution in [2.45, 2.75) is 20.3 Å². The topological polar surface area (TPSA) is 91.7 Å². The number of nitrogens with one attached hydrogen (secondary N) is 4. The third-order valence-electron chi connectivity index (χ3n) is 4.42. The second kappa shape index (κ2) is 11.7. The molecule has 0 spiro atoms. The molecule has 1 unspecified atom stereocenters. The van der Waals surface area contributed by atoms with E-state index in [9.17, 15) is 18.8 Å². The van der Waals surface area contributed by atoms with Crippen molar-refractivity contribution in [2.75, 3.05) is 36.8 Å². The number of para-hydroxylation sites is 1. The van der Waals surface area contributed by atoms with E-state index in [1.807, 2.05) is 38.1 Å². The lowest BCUT2D eigenvalue weighted by molar-refractivity contribution is -0.883. The van der Waals surface area contributed by atoms with Crippen LogP contribution in [0.5, 0.6) is 0 Å². The van der Waals surface area contributed by atoms with Crippen LogP contribution < -0.4 is 20.9 Å². The van der Waals surface area contributed by atoms with Crippen LogP contribution in [0.3, 0.4) is 0 Å². The van der Waals surface area contributed by atoms with Gasteiger partial charge in [0.25, 0.3) is 11.8 Å². The normalized spacial score (nSPS) is 11.4. The lowest BCUT2D eigenvalue weighted by Crippen LogP contribution is -3.14. The Labute approximate surface area is 175 Å². The molecule has 0 radical (unpaired) electrons. The zero-order valence-corrected chi connectivity index (χ0v) is 17.3. The Morgan fingerprint density at radius 3 is 2.23 bits per heavy atom. The van der Waals surface area contributed by atoms with Crippen LogP contribution in [-0.4, -0.2) is 43.9 Å². The number of benzene rings is 2. The predicted molar refractivity (Wildman–Crippen MR) is 114 cm³/mol. The highest BCUT2D eigenvalue weighted by Gasteiger charge is 2.18. The van der Waals surface area contributed by atoms with Crippen LogP contribution in [-0.2, 0) is 14.4 Å². The Kier molecular flexibility index (Phi) is 8.96. The fourth-order valence-electron chi connectivity index (χ4n) is 2.93.